The van der Waals surface area contributed by atoms with E-state index < -0.39 is 24.1 Å². The average molecular weight is 450 g/mol. The van der Waals surface area contributed by atoms with E-state index in [1.807, 2.05) is 59.6 Å². The smallest absolute Gasteiger partial charge is 0.302 e. The number of nitrogens with zero attached hydrogens (tertiary/aromatic N) is 5. The summed E-state index contributed by atoms with van der Waals surface area (Å²) < 4.78 is 0. The predicted octanol–water partition coefficient (Wildman–Crippen LogP) is 3.01. The van der Waals surface area contributed by atoms with Gasteiger partial charge in [0.2, 0.25) is 5.96 Å². The van der Waals surface area contributed by atoms with Gasteiger partial charge in [-0.1, -0.05) is 54.1 Å². The van der Waals surface area contributed by atoms with Crippen molar-refractivity contribution in [3.63, 3.8) is 0 Å². The molecule has 2 aromatic rings. The third-order valence-corrected chi connectivity index (χ3v) is 6.07. The molecule has 3 heterocycles. The number of halogens is 1. The molecule has 0 aliphatic carbocycles. The Morgan fingerprint density at radius 3 is 2.44 bits per heavy atom. The summed E-state index contributed by atoms with van der Waals surface area (Å²) in [7, 11) is 1.59. The van der Waals surface area contributed by atoms with Crippen LogP contribution >= 0.6 is 11.6 Å². The second kappa shape index (κ2) is 7.49. The number of hydrogen-bond acceptors (Lipinski definition) is 6. The molecule has 2 aromatic carbocycles. The Bertz CT molecular complexity index is 1200. The van der Waals surface area contributed by atoms with Gasteiger partial charge in [0.1, 0.15) is 5.78 Å². The maximum Gasteiger partial charge on any atom is 0.328 e. The van der Waals surface area contributed by atoms with E-state index in [1.165, 1.54) is 11.8 Å². The van der Waals surface area contributed by atoms with E-state index >= 15 is 0 Å². The van der Waals surface area contributed by atoms with Crippen LogP contribution in [0.15, 0.2) is 65.8 Å². The number of rotatable bonds is 4. The quantitative estimate of drug-likeness (QED) is 0.717. The van der Waals surface area contributed by atoms with E-state index in [9.17, 15) is 14.4 Å². The van der Waals surface area contributed by atoms with Crippen molar-refractivity contribution >= 4 is 46.7 Å². The number of Topliss-reactive ketones (excluding diaryl/α,β-unsaturated/α-hetero) is 1. The number of guanidine groups is 1. The van der Waals surface area contributed by atoms with Crippen LogP contribution in [-0.4, -0.2) is 64.2 Å². The zero-order valence-electron chi connectivity index (χ0n) is 17.5. The number of anilines is 1. The molecule has 0 aromatic heterocycles. The minimum Gasteiger partial charge on any atom is -0.302 e. The summed E-state index contributed by atoms with van der Waals surface area (Å²) in [6, 6.07) is 15.8. The topological polar surface area (TPSA) is 76.5 Å². The first-order valence-electron chi connectivity index (χ1n) is 10.1. The number of likely N-dealkylation sites (N-methyl/N-ethyl adjacent to an activating group) is 1. The Morgan fingerprint density at radius 1 is 1.06 bits per heavy atom. The van der Waals surface area contributed by atoms with E-state index in [0.29, 0.717) is 16.7 Å². The first-order valence-corrected chi connectivity index (χ1v) is 10.5. The molecule has 5 rings (SSSR count). The number of urea groups is 1. The van der Waals surface area contributed by atoms with Crippen LogP contribution in [0.4, 0.5) is 10.5 Å². The minimum absolute atomic E-state index is 0.266. The molecule has 1 fully saturated rings. The molecule has 0 saturated carbocycles. The van der Waals surface area contributed by atoms with E-state index in [4.69, 9.17) is 16.6 Å². The zero-order valence-corrected chi connectivity index (χ0v) is 18.2. The molecule has 0 spiro atoms. The van der Waals surface area contributed by atoms with Crippen LogP contribution in [0.1, 0.15) is 12.5 Å². The third-order valence-electron chi connectivity index (χ3n) is 5.76. The molecule has 8 nitrogen and oxygen atoms in total. The molecule has 3 amide bonds. The molecule has 0 radical (unpaired) electrons. The van der Waals surface area contributed by atoms with Gasteiger partial charge in [-0.15, -0.1) is 0 Å². The van der Waals surface area contributed by atoms with Gasteiger partial charge in [-0.2, -0.15) is 0 Å². The van der Waals surface area contributed by atoms with Crippen LogP contribution in [0.25, 0.3) is 5.70 Å². The lowest BCUT2D eigenvalue weighted by Crippen LogP contribution is -2.64. The number of ketones is 1. The number of carbonyl (C=O) groups is 3. The van der Waals surface area contributed by atoms with E-state index in [0.717, 1.165) is 16.2 Å². The summed E-state index contributed by atoms with van der Waals surface area (Å²) in [6.45, 7) is 1.09. The summed E-state index contributed by atoms with van der Waals surface area (Å²) in [4.78, 5) is 48.6. The van der Waals surface area contributed by atoms with Crippen LogP contribution < -0.4 is 4.90 Å². The number of para-hydroxylation sites is 1. The number of fused-ring (bicyclic) bond motifs is 3. The molecule has 9 heteroatoms. The number of amides is 3. The number of hydrogen-bond donors (Lipinski definition) is 0. The van der Waals surface area contributed by atoms with Gasteiger partial charge in [0.15, 0.2) is 12.2 Å². The first kappa shape index (κ1) is 20.3. The lowest BCUT2D eigenvalue weighted by atomic mass is 10.1. The second-order valence-electron chi connectivity index (χ2n) is 7.88. The molecular weight excluding hydrogens is 430 g/mol. The maximum atomic E-state index is 13.3. The summed E-state index contributed by atoms with van der Waals surface area (Å²) in [5.41, 5.74) is 2.45. The highest BCUT2D eigenvalue weighted by molar-refractivity contribution is 6.34. The SMILES string of the molecule is CC(=O)CN1C(=O)C2C(N=C3N(c4ccccc4Cl)C(c4ccccc4)=CN32)N(C)C1=O. The molecule has 2 unspecified atom stereocenters. The molecule has 3 aliphatic heterocycles. The van der Waals surface area contributed by atoms with Crippen LogP contribution in [0, 0.1) is 0 Å². The molecular formula is C23H20ClN5O3. The summed E-state index contributed by atoms with van der Waals surface area (Å²) in [5, 5.41) is 0.530. The van der Waals surface area contributed by atoms with Crippen molar-refractivity contribution in [3.05, 3.63) is 71.4 Å². The molecule has 0 bridgehead atoms. The zero-order chi connectivity index (χ0) is 22.6. The van der Waals surface area contributed by atoms with Crippen LogP contribution in [0.2, 0.25) is 5.02 Å². The molecule has 3 aliphatic rings. The normalized spacial score (nSPS) is 22.1. The fourth-order valence-electron chi connectivity index (χ4n) is 4.29. The van der Waals surface area contributed by atoms with E-state index in [-0.39, 0.29) is 12.3 Å². The lowest BCUT2D eigenvalue weighted by molar-refractivity contribution is -0.139. The maximum absolute atomic E-state index is 13.3. The number of imide groups is 1. The standard InChI is InChI=1S/C23H20ClN5O3/c1-14(30)12-28-21(31)19-20(26(2)23(28)32)25-22-27(19)13-18(15-8-4-3-5-9-15)29(22)17-11-7-6-10-16(17)24/h3-11,13,19-20H,12H2,1-2H3. The third kappa shape index (κ3) is 2.98. The Morgan fingerprint density at radius 2 is 1.75 bits per heavy atom. The van der Waals surface area contributed by atoms with Crippen molar-refractivity contribution in [1.29, 1.82) is 0 Å². The molecule has 32 heavy (non-hydrogen) atoms. The Labute approximate surface area is 190 Å². The predicted molar refractivity (Wildman–Crippen MR) is 121 cm³/mol. The van der Waals surface area contributed by atoms with Gasteiger partial charge >= 0.3 is 6.03 Å². The minimum atomic E-state index is -0.766. The van der Waals surface area contributed by atoms with Crippen molar-refractivity contribution in [2.24, 2.45) is 4.99 Å². The number of aliphatic imine (C=N–C) groups is 1. The van der Waals surface area contributed by atoms with Crippen LogP contribution in [-0.2, 0) is 9.59 Å². The Balaban J connectivity index is 1.63. The Kier molecular flexibility index (Phi) is 4.74. The van der Waals surface area contributed by atoms with Gasteiger partial charge in [-0.05, 0) is 19.1 Å². The lowest BCUT2D eigenvalue weighted by Gasteiger charge is -2.39. The van der Waals surface area contributed by atoms with E-state index in [2.05, 4.69) is 0 Å². The first-order chi connectivity index (χ1) is 15.4. The van der Waals surface area contributed by atoms with Gasteiger partial charge in [0.05, 0.1) is 23.0 Å². The molecule has 0 N–H and O–H groups in total. The highest BCUT2D eigenvalue weighted by atomic mass is 35.5. The largest absolute Gasteiger partial charge is 0.328 e. The highest BCUT2D eigenvalue weighted by Crippen LogP contribution is 2.41. The average Bonchev–Trinajstić information content (AvgIpc) is 3.32. The Hall–Kier alpha value is -3.65. The number of carbonyl (C=O) groups excluding carboxylic acids is 3. The monoisotopic (exact) mass is 449 g/mol. The van der Waals surface area contributed by atoms with Gasteiger partial charge in [-0.3, -0.25) is 24.3 Å². The number of benzene rings is 2. The molecule has 162 valence electrons. The van der Waals surface area contributed by atoms with Crippen molar-refractivity contribution in [1.82, 2.24) is 14.7 Å². The summed E-state index contributed by atoms with van der Waals surface area (Å²) >= 11 is 6.54. The van der Waals surface area contributed by atoms with Crippen LogP contribution in [0.3, 0.4) is 0 Å². The fourth-order valence-corrected chi connectivity index (χ4v) is 4.51. The van der Waals surface area contributed by atoms with Gasteiger partial charge < -0.3 is 4.90 Å². The summed E-state index contributed by atoms with van der Waals surface area (Å²) in [5.74, 6) is -0.210. The van der Waals surface area contributed by atoms with Crippen LogP contribution in [0.5, 0.6) is 0 Å². The molecule has 2 atom stereocenters. The fraction of sp³-hybridized carbons (Fsp3) is 0.217. The van der Waals surface area contributed by atoms with Gasteiger partial charge in [0.25, 0.3) is 5.91 Å². The van der Waals surface area contributed by atoms with Crippen molar-refractivity contribution in [2.75, 3.05) is 18.5 Å². The summed E-state index contributed by atoms with van der Waals surface area (Å²) in [6.07, 6.45) is 1.15. The van der Waals surface area contributed by atoms with Crippen molar-refractivity contribution < 1.29 is 14.4 Å². The van der Waals surface area contributed by atoms with Crippen molar-refractivity contribution in [3.8, 4) is 0 Å². The van der Waals surface area contributed by atoms with Gasteiger partial charge in [0, 0.05) is 18.8 Å². The molecule has 1 saturated heterocycles. The second-order valence-corrected chi connectivity index (χ2v) is 8.29. The van der Waals surface area contributed by atoms with Gasteiger partial charge in [-0.25, -0.2) is 9.79 Å². The van der Waals surface area contributed by atoms with Crippen molar-refractivity contribution in [2.45, 2.75) is 19.1 Å². The highest BCUT2D eigenvalue weighted by Gasteiger charge is 2.55. The van der Waals surface area contributed by atoms with E-state index in [1.54, 1.807) is 18.0 Å².